The number of amides is 1. The quantitative estimate of drug-likeness (QED) is 0.640. The number of fused-ring (bicyclic) bond motifs is 2. The number of hydrogen-bond donors (Lipinski definition) is 1. The zero-order valence-corrected chi connectivity index (χ0v) is 12.8. The monoisotopic (exact) mass is 337 g/mol. The Bertz CT molecular complexity index is 662. The van der Waals surface area contributed by atoms with Crippen molar-refractivity contribution in [2.45, 2.75) is 19.5 Å². The summed E-state index contributed by atoms with van der Waals surface area (Å²) in [4.78, 5) is 23.9. The Hall–Kier alpha value is -2.44. The van der Waals surface area contributed by atoms with Crippen molar-refractivity contribution in [3.63, 3.8) is 0 Å². The Morgan fingerprint density at radius 2 is 2.00 bits per heavy atom. The van der Waals surface area contributed by atoms with Crippen LogP contribution in [0.5, 0.6) is 5.75 Å². The Morgan fingerprint density at radius 3 is 2.67 bits per heavy atom. The summed E-state index contributed by atoms with van der Waals surface area (Å²) in [5.74, 6) is -0.704. The second-order valence-corrected chi connectivity index (χ2v) is 5.92. The summed E-state index contributed by atoms with van der Waals surface area (Å²) >= 11 is 0. The average Bonchev–Trinajstić information content (AvgIpc) is 3.17. The molecule has 7 heteroatoms. The summed E-state index contributed by atoms with van der Waals surface area (Å²) in [7, 11) is 0. The van der Waals surface area contributed by atoms with Gasteiger partial charge in [0.05, 0.1) is 11.6 Å². The van der Waals surface area contributed by atoms with Crippen LogP contribution in [0.3, 0.4) is 0 Å². The molecule has 0 heterocycles. The molecule has 5 nitrogen and oxygen atoms in total. The van der Waals surface area contributed by atoms with Gasteiger partial charge in [0, 0.05) is 0 Å². The van der Waals surface area contributed by atoms with E-state index < -0.39 is 19.1 Å². The highest BCUT2D eigenvalue weighted by Gasteiger charge is 2.40. The third-order valence-electron chi connectivity index (χ3n) is 4.30. The van der Waals surface area contributed by atoms with Crippen molar-refractivity contribution in [1.29, 1.82) is 0 Å². The Labute approximate surface area is 137 Å². The molecule has 1 fully saturated rings. The van der Waals surface area contributed by atoms with E-state index in [-0.39, 0.29) is 29.2 Å². The second-order valence-electron chi connectivity index (χ2n) is 5.92. The molecule has 0 aromatic heterocycles. The number of allylic oxidation sites excluding steroid dienone is 2. The topological polar surface area (TPSA) is 64.6 Å². The van der Waals surface area contributed by atoms with Crippen molar-refractivity contribution in [2.75, 3.05) is 11.9 Å². The van der Waals surface area contributed by atoms with E-state index in [2.05, 4.69) is 16.1 Å². The largest absolute Gasteiger partial charge is 0.455 e. The van der Waals surface area contributed by atoms with Crippen molar-refractivity contribution >= 4 is 17.6 Å². The lowest BCUT2D eigenvalue weighted by Crippen LogP contribution is -2.26. The highest BCUT2D eigenvalue weighted by atomic mass is 19.3. The Balaban J connectivity index is 1.51. The van der Waals surface area contributed by atoms with Crippen LogP contribution in [0.2, 0.25) is 0 Å². The lowest BCUT2D eigenvalue weighted by atomic mass is 9.94. The number of alkyl halides is 2. The van der Waals surface area contributed by atoms with E-state index in [1.807, 2.05) is 6.08 Å². The molecule has 1 amide bonds. The number of carbonyl (C=O) groups is 2. The fraction of sp³-hybridized carbons (Fsp3) is 0.412. The molecule has 2 aliphatic carbocycles. The number of halogens is 2. The molecular formula is C17H17F2NO4. The van der Waals surface area contributed by atoms with Crippen LogP contribution in [0.25, 0.3) is 0 Å². The van der Waals surface area contributed by atoms with E-state index in [1.165, 1.54) is 18.2 Å². The normalized spacial score (nSPS) is 24.2. The number of anilines is 1. The number of nitrogens with one attached hydrogen (secondary N) is 1. The number of ether oxygens (including phenoxy) is 2. The minimum absolute atomic E-state index is 0.0988. The molecule has 0 radical (unpaired) electrons. The molecule has 24 heavy (non-hydrogen) atoms. The van der Waals surface area contributed by atoms with Crippen molar-refractivity contribution < 1.29 is 27.8 Å². The number of carbonyl (C=O) groups excluding carboxylic acids is 2. The zero-order chi connectivity index (χ0) is 17.1. The minimum atomic E-state index is -2.99. The molecule has 0 unspecified atom stereocenters. The van der Waals surface area contributed by atoms with Gasteiger partial charge in [0.15, 0.2) is 6.61 Å². The molecule has 2 bridgehead atoms. The molecule has 128 valence electrons. The van der Waals surface area contributed by atoms with E-state index in [0.29, 0.717) is 5.92 Å². The number of benzene rings is 1. The van der Waals surface area contributed by atoms with Gasteiger partial charge in [-0.25, -0.2) is 0 Å². The molecular weight excluding hydrogens is 320 g/mol. The predicted molar refractivity (Wildman–Crippen MR) is 81.5 cm³/mol. The standard InChI is InChI=1S/C17H17F2NO4/c18-17(19)24-14-4-2-1-3-13(14)20-15(21)9-23-16(22)12-8-10-5-6-11(12)7-10/h1-6,10-12,17H,7-9H2,(H,20,21)/t10-,11-,12-/m0/s1. The van der Waals surface area contributed by atoms with Crippen LogP contribution in [0.15, 0.2) is 36.4 Å². The van der Waals surface area contributed by atoms with Crippen LogP contribution >= 0.6 is 0 Å². The molecule has 0 saturated heterocycles. The van der Waals surface area contributed by atoms with Gasteiger partial charge >= 0.3 is 12.6 Å². The SMILES string of the molecule is O=C(COC(=O)[C@H]1C[C@H]2C=C[C@H]1C2)Nc1ccccc1OC(F)F. The summed E-state index contributed by atoms with van der Waals surface area (Å²) in [5, 5.41) is 2.41. The maximum atomic E-state index is 12.3. The van der Waals surface area contributed by atoms with Crippen LogP contribution < -0.4 is 10.1 Å². The highest BCUT2D eigenvalue weighted by Crippen LogP contribution is 2.43. The fourth-order valence-corrected chi connectivity index (χ4v) is 3.25. The molecule has 1 aromatic carbocycles. The first-order chi connectivity index (χ1) is 11.5. The van der Waals surface area contributed by atoms with Gasteiger partial charge in [0.2, 0.25) is 0 Å². The molecule has 1 aromatic rings. The van der Waals surface area contributed by atoms with E-state index in [4.69, 9.17) is 4.74 Å². The third kappa shape index (κ3) is 3.72. The fourth-order valence-electron chi connectivity index (χ4n) is 3.25. The van der Waals surface area contributed by atoms with Crippen molar-refractivity contribution in [1.82, 2.24) is 0 Å². The van der Waals surface area contributed by atoms with E-state index in [1.54, 1.807) is 6.07 Å². The van der Waals surface area contributed by atoms with Crippen LogP contribution in [-0.2, 0) is 14.3 Å². The Kier molecular flexibility index (Phi) is 4.78. The summed E-state index contributed by atoms with van der Waals surface area (Å²) in [6.07, 6.45) is 5.86. The number of esters is 1. The van der Waals surface area contributed by atoms with Crippen molar-refractivity contribution in [3.05, 3.63) is 36.4 Å². The second kappa shape index (κ2) is 6.98. The van der Waals surface area contributed by atoms with E-state index in [9.17, 15) is 18.4 Å². The first kappa shape index (κ1) is 16.4. The molecule has 1 N–H and O–H groups in total. The van der Waals surface area contributed by atoms with Crippen molar-refractivity contribution in [2.24, 2.45) is 17.8 Å². The first-order valence-electron chi connectivity index (χ1n) is 7.71. The Morgan fingerprint density at radius 1 is 1.21 bits per heavy atom. The lowest BCUT2D eigenvalue weighted by Gasteiger charge is -2.16. The zero-order valence-electron chi connectivity index (χ0n) is 12.8. The van der Waals surface area contributed by atoms with Crippen LogP contribution in [-0.4, -0.2) is 25.1 Å². The van der Waals surface area contributed by atoms with Crippen LogP contribution in [0, 0.1) is 17.8 Å². The van der Waals surface area contributed by atoms with Gasteiger partial charge in [-0.2, -0.15) is 8.78 Å². The molecule has 3 rings (SSSR count). The summed E-state index contributed by atoms with van der Waals surface area (Å²) in [6.45, 7) is -3.45. The summed E-state index contributed by atoms with van der Waals surface area (Å²) < 4.78 is 34.0. The minimum Gasteiger partial charge on any atom is -0.455 e. The number of hydrogen-bond acceptors (Lipinski definition) is 4. The maximum Gasteiger partial charge on any atom is 0.387 e. The maximum absolute atomic E-state index is 12.3. The summed E-state index contributed by atoms with van der Waals surface area (Å²) in [6, 6.07) is 5.82. The predicted octanol–water partition coefficient (Wildman–Crippen LogP) is 2.98. The highest BCUT2D eigenvalue weighted by molar-refractivity contribution is 5.94. The van der Waals surface area contributed by atoms with Gasteiger partial charge in [-0.05, 0) is 36.8 Å². The lowest BCUT2D eigenvalue weighted by molar-refractivity contribution is -0.152. The third-order valence-corrected chi connectivity index (χ3v) is 4.30. The van der Waals surface area contributed by atoms with Gasteiger partial charge < -0.3 is 14.8 Å². The van der Waals surface area contributed by atoms with Gasteiger partial charge in [0.25, 0.3) is 5.91 Å². The van der Waals surface area contributed by atoms with Gasteiger partial charge in [-0.15, -0.1) is 0 Å². The first-order valence-corrected chi connectivity index (χ1v) is 7.71. The molecule has 0 aliphatic heterocycles. The molecule has 0 spiro atoms. The van der Waals surface area contributed by atoms with Crippen LogP contribution in [0.1, 0.15) is 12.8 Å². The van der Waals surface area contributed by atoms with Gasteiger partial charge in [0.1, 0.15) is 5.75 Å². The van der Waals surface area contributed by atoms with Crippen LogP contribution in [0.4, 0.5) is 14.5 Å². The molecule has 3 atom stereocenters. The number of rotatable bonds is 6. The molecule has 1 saturated carbocycles. The number of para-hydroxylation sites is 2. The van der Waals surface area contributed by atoms with E-state index in [0.717, 1.165) is 12.8 Å². The smallest absolute Gasteiger partial charge is 0.387 e. The van der Waals surface area contributed by atoms with Gasteiger partial charge in [-0.3, -0.25) is 9.59 Å². The molecule has 2 aliphatic rings. The summed E-state index contributed by atoms with van der Waals surface area (Å²) in [5.41, 5.74) is 0.0988. The van der Waals surface area contributed by atoms with Gasteiger partial charge in [-0.1, -0.05) is 24.3 Å². The van der Waals surface area contributed by atoms with Crippen molar-refractivity contribution in [3.8, 4) is 5.75 Å². The van der Waals surface area contributed by atoms with E-state index >= 15 is 0 Å². The average molecular weight is 337 g/mol.